The third kappa shape index (κ3) is 4.42. The van der Waals surface area contributed by atoms with E-state index in [2.05, 4.69) is 16.4 Å². The van der Waals surface area contributed by atoms with Crippen molar-refractivity contribution in [2.75, 3.05) is 32.1 Å². The Hall–Kier alpha value is -2.82. The number of carbonyl (C=O) groups excluding carboxylic acids is 1. The van der Waals surface area contributed by atoms with Crippen LogP contribution in [0.15, 0.2) is 59.6 Å². The van der Waals surface area contributed by atoms with Crippen LogP contribution in [-0.2, 0) is 17.8 Å². The maximum atomic E-state index is 12.8. The molecule has 1 heterocycles. The Bertz CT molecular complexity index is 771. The number of aliphatic imine (C=N–C) groups is 1. The van der Waals surface area contributed by atoms with Crippen molar-refractivity contribution in [3.63, 3.8) is 0 Å². The lowest BCUT2D eigenvalue weighted by Crippen LogP contribution is -2.45. The lowest BCUT2D eigenvalue weighted by atomic mass is 10.0. The van der Waals surface area contributed by atoms with Gasteiger partial charge in [-0.1, -0.05) is 48.5 Å². The number of hydrogen-bond acceptors (Lipinski definition) is 2. The first-order valence-electron chi connectivity index (χ1n) is 9.03. The average Bonchev–Trinajstić information content (AvgIpc) is 2.67. The molecule has 0 spiro atoms. The summed E-state index contributed by atoms with van der Waals surface area (Å²) in [6, 6.07) is 18.3. The number of guanidine groups is 1. The molecule has 2 aromatic rings. The van der Waals surface area contributed by atoms with E-state index < -0.39 is 0 Å². The molecule has 5 nitrogen and oxygen atoms in total. The lowest BCUT2D eigenvalue weighted by molar-refractivity contribution is -0.117. The number of nitrogens with one attached hydrogen (secondary N) is 1. The number of para-hydroxylation sites is 1. The van der Waals surface area contributed by atoms with Crippen LogP contribution in [0.3, 0.4) is 0 Å². The quantitative estimate of drug-likeness (QED) is 0.681. The van der Waals surface area contributed by atoms with Gasteiger partial charge in [0.25, 0.3) is 0 Å². The molecule has 0 unspecified atom stereocenters. The fraction of sp³-hybridized carbons (Fsp3) is 0.333. The van der Waals surface area contributed by atoms with Gasteiger partial charge in [0.2, 0.25) is 5.91 Å². The number of anilines is 1. The zero-order valence-electron chi connectivity index (χ0n) is 15.5. The van der Waals surface area contributed by atoms with Gasteiger partial charge >= 0.3 is 0 Å². The molecule has 0 aromatic heterocycles. The van der Waals surface area contributed by atoms with Crippen LogP contribution in [0.1, 0.15) is 17.5 Å². The highest BCUT2D eigenvalue weighted by molar-refractivity contribution is 5.98. The Kier molecular flexibility index (Phi) is 5.89. The Balaban J connectivity index is 1.63. The Morgan fingerprint density at radius 1 is 1.12 bits per heavy atom. The van der Waals surface area contributed by atoms with E-state index in [9.17, 15) is 4.79 Å². The van der Waals surface area contributed by atoms with Gasteiger partial charge in [-0.2, -0.15) is 0 Å². The van der Waals surface area contributed by atoms with E-state index in [-0.39, 0.29) is 12.5 Å². The largest absolute Gasteiger partial charge is 0.349 e. The minimum absolute atomic E-state index is 0.0754. The summed E-state index contributed by atoms with van der Waals surface area (Å²) in [6.45, 7) is 1.60. The van der Waals surface area contributed by atoms with Crippen LogP contribution in [-0.4, -0.2) is 44.0 Å². The number of carbonyl (C=O) groups is 1. The van der Waals surface area contributed by atoms with Gasteiger partial charge in [-0.15, -0.1) is 0 Å². The van der Waals surface area contributed by atoms with Crippen LogP contribution >= 0.6 is 0 Å². The van der Waals surface area contributed by atoms with Gasteiger partial charge in [0, 0.05) is 26.3 Å². The van der Waals surface area contributed by atoms with Crippen molar-refractivity contribution in [1.82, 2.24) is 10.2 Å². The van der Waals surface area contributed by atoms with Crippen molar-refractivity contribution in [3.8, 4) is 0 Å². The van der Waals surface area contributed by atoms with Gasteiger partial charge < -0.3 is 15.1 Å². The molecule has 1 amide bonds. The van der Waals surface area contributed by atoms with Crippen molar-refractivity contribution in [2.24, 2.45) is 4.99 Å². The zero-order valence-corrected chi connectivity index (χ0v) is 15.5. The number of aryl methyl sites for hydroxylation is 1. The highest BCUT2D eigenvalue weighted by Crippen LogP contribution is 2.26. The van der Waals surface area contributed by atoms with Gasteiger partial charge in [-0.05, 0) is 30.0 Å². The average molecular weight is 350 g/mol. The van der Waals surface area contributed by atoms with E-state index in [0.717, 1.165) is 30.6 Å². The second-order valence-corrected chi connectivity index (χ2v) is 6.65. The molecule has 1 N–H and O–H groups in total. The molecule has 2 aromatic carbocycles. The van der Waals surface area contributed by atoms with Crippen LogP contribution in [0.5, 0.6) is 0 Å². The number of fused-ring (bicyclic) bond motifs is 1. The van der Waals surface area contributed by atoms with E-state index >= 15 is 0 Å². The minimum atomic E-state index is 0.0754. The number of nitrogens with zero attached hydrogens (tertiary/aromatic N) is 3. The maximum absolute atomic E-state index is 12.8. The summed E-state index contributed by atoms with van der Waals surface area (Å²) in [4.78, 5) is 21.2. The molecule has 26 heavy (non-hydrogen) atoms. The molecule has 0 saturated heterocycles. The number of amides is 1. The second-order valence-electron chi connectivity index (χ2n) is 6.65. The van der Waals surface area contributed by atoms with Crippen molar-refractivity contribution in [2.45, 2.75) is 19.4 Å². The van der Waals surface area contributed by atoms with Crippen LogP contribution in [0.4, 0.5) is 5.69 Å². The van der Waals surface area contributed by atoms with E-state index in [1.165, 1.54) is 5.56 Å². The number of hydrogen-bond donors (Lipinski definition) is 1. The number of rotatable bonds is 4. The molecule has 0 atom stereocenters. The minimum Gasteiger partial charge on any atom is -0.349 e. The third-order valence-electron chi connectivity index (χ3n) is 4.49. The van der Waals surface area contributed by atoms with Crippen molar-refractivity contribution in [1.29, 1.82) is 0 Å². The summed E-state index contributed by atoms with van der Waals surface area (Å²) in [5.41, 5.74) is 3.43. The molecule has 1 aliphatic heterocycles. The molecule has 1 aliphatic rings. The molecular weight excluding hydrogens is 324 g/mol. The summed E-state index contributed by atoms with van der Waals surface area (Å²) < 4.78 is 0. The fourth-order valence-electron chi connectivity index (χ4n) is 3.15. The van der Waals surface area contributed by atoms with Crippen molar-refractivity contribution < 1.29 is 4.79 Å². The van der Waals surface area contributed by atoms with Gasteiger partial charge in [-0.3, -0.25) is 4.79 Å². The summed E-state index contributed by atoms with van der Waals surface area (Å²) >= 11 is 0. The van der Waals surface area contributed by atoms with E-state index in [4.69, 9.17) is 0 Å². The Labute approximate surface area is 155 Å². The molecule has 0 radical (unpaired) electrons. The summed E-state index contributed by atoms with van der Waals surface area (Å²) in [6.07, 6.45) is 2.04. The first-order chi connectivity index (χ1) is 12.6. The van der Waals surface area contributed by atoms with E-state index in [1.54, 1.807) is 0 Å². The van der Waals surface area contributed by atoms with Crippen LogP contribution in [0.25, 0.3) is 0 Å². The van der Waals surface area contributed by atoms with Crippen molar-refractivity contribution >= 4 is 17.6 Å². The van der Waals surface area contributed by atoms with Gasteiger partial charge in [-0.25, -0.2) is 4.99 Å². The van der Waals surface area contributed by atoms with E-state index in [0.29, 0.717) is 12.5 Å². The summed E-state index contributed by atoms with van der Waals surface area (Å²) in [5.74, 6) is 0.791. The Morgan fingerprint density at radius 3 is 2.62 bits per heavy atom. The lowest BCUT2D eigenvalue weighted by Gasteiger charge is -2.30. The van der Waals surface area contributed by atoms with Crippen LogP contribution < -0.4 is 10.2 Å². The topological polar surface area (TPSA) is 47.9 Å². The predicted molar refractivity (Wildman–Crippen MR) is 106 cm³/mol. The number of benzene rings is 2. The molecule has 0 aliphatic carbocycles. The maximum Gasteiger partial charge on any atom is 0.246 e. The first kappa shape index (κ1) is 18.0. The van der Waals surface area contributed by atoms with Crippen LogP contribution in [0, 0.1) is 0 Å². The van der Waals surface area contributed by atoms with Crippen molar-refractivity contribution in [3.05, 3.63) is 65.7 Å². The van der Waals surface area contributed by atoms with E-state index in [1.807, 2.05) is 72.4 Å². The normalized spacial score (nSPS) is 13.9. The molecular formula is C21H26N4O. The highest BCUT2D eigenvalue weighted by atomic mass is 16.2. The predicted octanol–water partition coefficient (Wildman–Crippen LogP) is 2.67. The van der Waals surface area contributed by atoms with Crippen LogP contribution in [0.2, 0.25) is 0 Å². The second kappa shape index (κ2) is 8.52. The van der Waals surface area contributed by atoms with Gasteiger partial charge in [0.1, 0.15) is 0 Å². The van der Waals surface area contributed by atoms with Gasteiger partial charge in [0.15, 0.2) is 5.96 Å². The smallest absolute Gasteiger partial charge is 0.246 e. The first-order valence-corrected chi connectivity index (χ1v) is 9.03. The van der Waals surface area contributed by atoms with Gasteiger partial charge in [0.05, 0.1) is 13.1 Å². The summed E-state index contributed by atoms with van der Waals surface area (Å²) in [5, 5.41) is 3.20. The molecule has 5 heteroatoms. The standard InChI is InChI=1S/C21H26N4O/c1-24(2)21(22-15-17-9-4-3-5-10-17)23-16-20(26)25-14-8-12-18-11-6-7-13-19(18)25/h3-7,9-11,13H,8,12,14-16H2,1-2H3,(H,22,23). The molecule has 136 valence electrons. The molecule has 0 bridgehead atoms. The third-order valence-corrected chi connectivity index (χ3v) is 4.49. The fourth-order valence-corrected chi connectivity index (χ4v) is 3.15. The summed E-state index contributed by atoms with van der Waals surface area (Å²) in [7, 11) is 3.86. The molecule has 0 saturated carbocycles. The highest BCUT2D eigenvalue weighted by Gasteiger charge is 2.22. The monoisotopic (exact) mass is 350 g/mol. The molecule has 3 rings (SSSR count). The molecule has 0 fully saturated rings. The zero-order chi connectivity index (χ0) is 18.4. The Morgan fingerprint density at radius 2 is 1.85 bits per heavy atom. The SMILES string of the molecule is CN(C)C(=NCc1ccccc1)NCC(=O)N1CCCc2ccccc21.